The lowest BCUT2D eigenvalue weighted by atomic mass is 10.3. The van der Waals surface area contributed by atoms with Crippen LogP contribution in [0.15, 0.2) is 55.5 Å². The fourth-order valence-corrected chi connectivity index (χ4v) is 11.4. The van der Waals surface area contributed by atoms with Crippen molar-refractivity contribution in [2.45, 2.75) is 77.3 Å². The van der Waals surface area contributed by atoms with Gasteiger partial charge in [-0.1, -0.05) is 5.16 Å². The fraction of sp³-hybridized carbons (Fsp3) is 0.712. The molecule has 57 heteroatoms. The number of nitrogens with zero attached hydrogens (tertiary/aromatic N) is 20. The van der Waals surface area contributed by atoms with E-state index in [0.29, 0.717) is 34.3 Å². The van der Waals surface area contributed by atoms with Gasteiger partial charge in [0.1, 0.15) is 17.3 Å². The Bertz CT molecular complexity index is 4190. The lowest BCUT2D eigenvalue weighted by Crippen LogP contribution is -2.45. The molecule has 53 nitrogen and oxygen atoms in total. The molecule has 0 aliphatic carbocycles. The van der Waals surface area contributed by atoms with Gasteiger partial charge < -0.3 is 121 Å². The highest BCUT2D eigenvalue weighted by Gasteiger charge is 2.32. The van der Waals surface area contributed by atoms with Crippen LogP contribution in [0, 0.1) is 22.5 Å². The predicted octanol–water partition coefficient (Wildman–Crippen LogP) is -1.58. The molecule has 8 aromatic rings. The number of hydrogen-bond donors (Lipinski definition) is 22. The van der Waals surface area contributed by atoms with Gasteiger partial charge in [0, 0.05) is 129 Å². The maximum absolute atomic E-state index is 12.8. The molecule has 3 amide bonds. The third-order valence-corrected chi connectivity index (χ3v) is 18.9. The average Bonchev–Trinajstić information content (AvgIpc) is 1.72. The van der Waals surface area contributed by atoms with Crippen LogP contribution in [0.5, 0.6) is 0 Å². The second-order valence-corrected chi connectivity index (χ2v) is 30.4. The molecule has 2 aliphatic heterocycles. The Labute approximate surface area is 772 Å². The number of rotatable bonds is 49. The number of hydroxylamine groups is 1. The number of carbonyl (C=O) groups excluding carboxylic acids is 2. The number of aromatic nitrogens is 18. The van der Waals surface area contributed by atoms with Crippen LogP contribution in [0.4, 0.5) is 56.3 Å². The second-order valence-electron chi connectivity index (χ2n) is 28.9. The number of nitrogens with one attached hydrogen (secondary N) is 22. The van der Waals surface area contributed by atoms with Crippen LogP contribution in [0.1, 0.15) is 70.0 Å². The van der Waals surface area contributed by atoms with E-state index in [9.17, 15) is 32.6 Å². The lowest BCUT2D eigenvalue weighted by molar-refractivity contribution is -0.123. The number of amides is 3. The molecular weight excluding hydrogens is 1760 g/mol. The average molecular weight is 1910 g/mol. The minimum absolute atomic E-state index is 0.246. The number of imide groups is 1. The van der Waals surface area contributed by atoms with Crippen molar-refractivity contribution in [3.8, 4) is 0 Å². The number of likely N-dealkylation sites (N-methyl/N-ethyl adjacent to an activating group) is 1. The zero-order valence-electron chi connectivity index (χ0n) is 79.6. The number of carbonyl (C=O) groups is 2. The summed E-state index contributed by atoms with van der Waals surface area (Å²) in [6, 6.07) is 1.60. The molecule has 2 atom stereocenters. The van der Waals surface area contributed by atoms with E-state index in [1.54, 1.807) is 18.1 Å². The summed E-state index contributed by atoms with van der Waals surface area (Å²) in [6.07, 6.45) is 12.7. The van der Waals surface area contributed by atoms with Gasteiger partial charge in [0.15, 0.2) is 12.5 Å². The normalized spacial score (nSPS) is 12.6. The SMILES string of the molecule is CNCCCN(C)C1=NS(=O)ON1.CNCCCN(C)C1NC(=O)NC1=O.CNCCCN(C)c1c[nH]oc1=O.CNCCCN(C)c1cc(=O)o[nH]1.CNCCCN(C)c1n[nH]c(=O)[nH]1.CNCCCN(C)c1n[nH]c(C)n1.CNCCCN(C)c1n[nH]nc1F.CNCCCN(C)c1nc(=S)[nH][nH]1.CNCCCN(C)c1nc(=S)o[nH]1.CNCCCN(C)c1ncno1. The summed E-state index contributed by atoms with van der Waals surface area (Å²) in [4.78, 5) is 92.6. The van der Waals surface area contributed by atoms with E-state index >= 15 is 0 Å². The molecule has 742 valence electrons. The third kappa shape index (κ3) is 53.5. The van der Waals surface area contributed by atoms with Crippen LogP contribution in [0.25, 0.3) is 0 Å². The highest BCUT2D eigenvalue weighted by Crippen LogP contribution is 2.12. The zero-order valence-corrected chi connectivity index (χ0v) is 82.0. The molecule has 8 aromatic heterocycles. The molecule has 22 N–H and O–H groups in total. The number of aryl methyl sites for hydroxylation is 1. The van der Waals surface area contributed by atoms with E-state index in [4.69, 9.17) is 33.5 Å². The summed E-state index contributed by atoms with van der Waals surface area (Å²) in [6.45, 7) is 20.2. The monoisotopic (exact) mass is 1910 g/mol. The molecule has 10 heterocycles. The smallest absolute Gasteiger partial charge is 0.367 e. The highest BCUT2D eigenvalue weighted by atomic mass is 32.2. The van der Waals surface area contributed by atoms with E-state index < -0.39 is 29.4 Å². The van der Waals surface area contributed by atoms with Gasteiger partial charge in [0.05, 0.1) is 12.3 Å². The number of hydrogen-bond acceptors (Lipinski definition) is 43. The maximum atomic E-state index is 12.8. The summed E-state index contributed by atoms with van der Waals surface area (Å²) in [7, 11) is 38.2. The van der Waals surface area contributed by atoms with Gasteiger partial charge in [-0.15, -0.1) is 24.8 Å². The number of H-pyrrole nitrogens is 9. The molecule has 10 rings (SSSR count). The molecule has 0 bridgehead atoms. The summed E-state index contributed by atoms with van der Waals surface area (Å²) in [5.74, 6) is 4.38. The lowest BCUT2D eigenvalue weighted by Gasteiger charge is -2.21. The second kappa shape index (κ2) is 73.0. The van der Waals surface area contributed by atoms with Crippen molar-refractivity contribution >= 4 is 101 Å². The first-order chi connectivity index (χ1) is 62.4. The van der Waals surface area contributed by atoms with Crippen molar-refractivity contribution in [2.24, 2.45) is 4.40 Å². The first-order valence-corrected chi connectivity index (χ1v) is 44.3. The zero-order chi connectivity index (χ0) is 96.8. The van der Waals surface area contributed by atoms with Crippen LogP contribution < -0.4 is 125 Å². The molecule has 0 saturated carbocycles. The van der Waals surface area contributed by atoms with Gasteiger partial charge in [-0.3, -0.25) is 35.3 Å². The molecular formula is C73H149FN42O11S3. The number of urea groups is 1. The minimum atomic E-state index is -1.56. The molecule has 0 aromatic carbocycles. The standard InChI is InChI=1S/C8H17N5.C8H16N4O2.2C8H15N3O2.C7H14FN5.C7H15N5O.C7H15N5S.C7H14N4OS.C7H14N4O.C6H14N4O2S/c1-7-10-8(12-11-7)13(3)6-4-5-9-2;1-9-4-3-5-12(2)6-7(13)11-8(14)10-6;1-9-4-3-5-11(2)7-6-10-13-8(7)12;1-9-4-3-5-11(2)7-6-8(12)13-10-7;1-9-4-3-5-13(2)7-6(8)10-12-11-7;2*1-8-4-3-5-12(2)6-9-7(13)11-10-6;1-8-4-3-5-11(2)6-9-7(13)12-10-6;1-8-4-3-5-11(2)7-9-6-10-12-7;1-7-4-3-5-10(2)6-8-12-13(11)9-6/h9H,4-6H2,1-3H3,(H,10,11,12);6,9H,3-5H2,1-2H3,(H2,10,11,13,14);2*6,9-10H,3-5H2,1-2H3;9H,3-5H2,1-2H3,(H,10,11,12);2*8H,3-5H2,1-2H3,(H2,9,10,11,13);8H,3-5H2,1-2H3,(H,9,10,13);6,8H,3-5H2,1-2H3;7H,3-5H2,1-2H3,(H,8,9). The van der Waals surface area contributed by atoms with Gasteiger partial charge >= 0.3 is 45.1 Å². The van der Waals surface area contributed by atoms with Gasteiger partial charge in [0.25, 0.3) is 11.9 Å². The quantitative estimate of drug-likeness (QED) is 0.0116. The van der Waals surface area contributed by atoms with E-state index in [1.165, 1.54) is 12.4 Å². The van der Waals surface area contributed by atoms with Crippen LogP contribution in [0.3, 0.4) is 0 Å². The number of halogens is 1. The van der Waals surface area contributed by atoms with E-state index in [0.717, 1.165) is 219 Å². The summed E-state index contributed by atoms with van der Waals surface area (Å²) in [5.41, 5.74) is 2.15. The summed E-state index contributed by atoms with van der Waals surface area (Å²) >= 11 is 8.03. The number of guanidine groups is 1. The predicted molar refractivity (Wildman–Crippen MR) is 512 cm³/mol. The van der Waals surface area contributed by atoms with Crippen LogP contribution in [0.2, 0.25) is 0 Å². The third-order valence-electron chi connectivity index (χ3n) is 18.0. The maximum Gasteiger partial charge on any atom is 0.380 e. The van der Waals surface area contributed by atoms with Crippen LogP contribution >= 0.6 is 24.4 Å². The van der Waals surface area contributed by atoms with Crippen molar-refractivity contribution in [2.75, 3.05) is 311 Å². The van der Waals surface area contributed by atoms with Crippen molar-refractivity contribution in [3.05, 3.63) is 71.3 Å². The van der Waals surface area contributed by atoms with Crippen molar-refractivity contribution in [1.82, 2.24) is 171 Å². The molecule has 2 unspecified atom stereocenters. The summed E-state index contributed by atoms with van der Waals surface area (Å²) in [5, 5.41) is 74.4. The largest absolute Gasteiger partial charge is 0.380 e. The first-order valence-electron chi connectivity index (χ1n) is 42.5. The Morgan fingerprint density at radius 3 is 1.38 bits per heavy atom. The van der Waals surface area contributed by atoms with E-state index in [1.807, 2.05) is 185 Å². The van der Waals surface area contributed by atoms with E-state index in [-0.39, 0.29) is 33.5 Å². The highest BCUT2D eigenvalue weighted by molar-refractivity contribution is 7.79. The Morgan fingerprint density at radius 1 is 0.500 bits per heavy atom. The van der Waals surface area contributed by atoms with Gasteiger partial charge in [-0.05, 0) is 239 Å². The molecule has 0 spiro atoms. The van der Waals surface area contributed by atoms with Crippen LogP contribution in [-0.4, -0.2) is 401 Å². The Hall–Kier alpha value is -10.7. The van der Waals surface area contributed by atoms with Gasteiger partial charge in [-0.25, -0.2) is 44.3 Å². The number of aromatic amines is 9. The van der Waals surface area contributed by atoms with E-state index in [2.05, 4.69) is 179 Å². The number of anilines is 8. The first kappa shape index (κ1) is 117. The molecule has 130 heavy (non-hydrogen) atoms. The fourth-order valence-electron chi connectivity index (χ4n) is 10.6. The Morgan fingerprint density at radius 2 is 0.985 bits per heavy atom. The van der Waals surface area contributed by atoms with Crippen molar-refractivity contribution in [1.29, 1.82) is 0 Å². The topological polar surface area (TPSA) is 623 Å². The molecule has 1 fully saturated rings. The summed E-state index contributed by atoms with van der Waals surface area (Å²) < 4.78 is 51.1. The van der Waals surface area contributed by atoms with Crippen molar-refractivity contribution < 1.29 is 40.6 Å². The molecule has 2 aliphatic rings. The van der Waals surface area contributed by atoms with Gasteiger partial charge in [0.2, 0.25) is 40.3 Å². The Balaban J connectivity index is 0.000000722. The van der Waals surface area contributed by atoms with Crippen LogP contribution in [-0.2, 0) is 20.3 Å². The minimum Gasteiger partial charge on any atom is -0.367 e. The Kier molecular flexibility index (Phi) is 65.9. The van der Waals surface area contributed by atoms with Crippen molar-refractivity contribution in [3.63, 3.8) is 0 Å². The molecule has 1 saturated heterocycles. The molecule has 0 radical (unpaired) electrons. The van der Waals surface area contributed by atoms with Gasteiger partial charge in [-0.2, -0.15) is 39.0 Å².